The second-order valence-electron chi connectivity index (χ2n) is 4.42. The molecule has 1 aromatic carbocycles. The Bertz CT molecular complexity index is 461. The molecule has 1 aliphatic heterocycles. The van der Waals surface area contributed by atoms with Crippen molar-refractivity contribution in [2.45, 2.75) is 25.2 Å². The summed E-state index contributed by atoms with van der Waals surface area (Å²) in [5.74, 6) is -1.38. The number of nitrogens with zero attached hydrogens (tertiary/aromatic N) is 1. The first-order valence-electron chi connectivity index (χ1n) is 5.94. The lowest BCUT2D eigenvalue weighted by Gasteiger charge is -2.24. The third-order valence-electron chi connectivity index (χ3n) is 2.99. The number of aliphatic carboxylic acids is 1. The van der Waals surface area contributed by atoms with Gasteiger partial charge in [0.1, 0.15) is 6.61 Å². The number of rotatable bonds is 3. The highest BCUT2D eigenvalue weighted by molar-refractivity contribution is 5.79. The monoisotopic (exact) mass is 264 g/mol. The zero-order valence-electron chi connectivity index (χ0n) is 10.2. The number of carbonyl (C=O) groups excluding carboxylic acids is 2. The smallest absolute Gasteiger partial charge is 0.410 e. The molecule has 1 amide bonds. The van der Waals surface area contributed by atoms with Gasteiger partial charge in [0.15, 0.2) is 0 Å². The van der Waals surface area contributed by atoms with Crippen molar-refractivity contribution >= 4 is 12.1 Å². The van der Waals surface area contributed by atoms with Crippen molar-refractivity contribution in [1.29, 1.82) is 0 Å². The van der Waals surface area contributed by atoms with Gasteiger partial charge in [-0.15, -0.1) is 0 Å². The molecule has 1 aliphatic rings. The maximum absolute atomic E-state index is 11.8. The summed E-state index contributed by atoms with van der Waals surface area (Å²) in [5.41, 5.74) is 0.806. The molecule has 6 nitrogen and oxygen atoms in total. The first kappa shape index (κ1) is 13.4. The minimum Gasteiger partial charge on any atom is -0.548 e. The summed E-state index contributed by atoms with van der Waals surface area (Å²) in [4.78, 5) is 23.6. The van der Waals surface area contributed by atoms with E-state index in [1.165, 1.54) is 0 Å². The molecule has 0 radical (unpaired) electrons. The lowest BCUT2D eigenvalue weighted by Crippen LogP contribution is -2.47. The Kier molecular flexibility index (Phi) is 4.01. The Morgan fingerprint density at radius 1 is 1.37 bits per heavy atom. The van der Waals surface area contributed by atoms with Gasteiger partial charge in [-0.1, -0.05) is 30.3 Å². The van der Waals surface area contributed by atoms with Crippen LogP contribution in [0.5, 0.6) is 0 Å². The standard InChI is InChI=1S/C13H15NO5/c15-10-6-11(12(16)17)14(7-10)13(18)19-8-9-4-2-1-3-5-9/h1-5,10-11,15H,6-8H2,(H,16,17)/p-1/t10-,11+/m1/s1. The van der Waals surface area contributed by atoms with E-state index in [-0.39, 0.29) is 19.6 Å². The number of aliphatic hydroxyl groups is 1. The number of ether oxygens (including phenoxy) is 1. The zero-order chi connectivity index (χ0) is 13.8. The van der Waals surface area contributed by atoms with E-state index < -0.39 is 24.2 Å². The summed E-state index contributed by atoms with van der Waals surface area (Å²) in [6.45, 7) is 0.0122. The van der Waals surface area contributed by atoms with E-state index in [0.717, 1.165) is 10.5 Å². The number of carbonyl (C=O) groups is 2. The third-order valence-corrected chi connectivity index (χ3v) is 2.99. The molecular weight excluding hydrogens is 250 g/mol. The summed E-state index contributed by atoms with van der Waals surface area (Å²) in [6, 6.07) is 7.93. The maximum Gasteiger partial charge on any atom is 0.410 e. The molecule has 2 rings (SSSR count). The van der Waals surface area contributed by atoms with Crippen LogP contribution in [0.25, 0.3) is 0 Å². The number of carboxylic acid groups (broad SMARTS) is 1. The normalized spacial score (nSPS) is 22.3. The van der Waals surface area contributed by atoms with E-state index in [2.05, 4.69) is 0 Å². The fourth-order valence-corrected chi connectivity index (χ4v) is 2.04. The first-order valence-corrected chi connectivity index (χ1v) is 5.94. The fraction of sp³-hybridized carbons (Fsp3) is 0.385. The molecule has 1 heterocycles. The molecule has 1 aromatic rings. The predicted molar refractivity (Wildman–Crippen MR) is 62.8 cm³/mol. The summed E-state index contributed by atoms with van der Waals surface area (Å²) in [6.07, 6.45) is -1.63. The Morgan fingerprint density at radius 2 is 2.05 bits per heavy atom. The third kappa shape index (κ3) is 3.23. The van der Waals surface area contributed by atoms with E-state index in [4.69, 9.17) is 4.74 Å². The van der Waals surface area contributed by atoms with Gasteiger partial charge >= 0.3 is 6.09 Å². The molecule has 0 spiro atoms. The number of amides is 1. The average molecular weight is 264 g/mol. The van der Waals surface area contributed by atoms with Crippen molar-refractivity contribution in [1.82, 2.24) is 4.90 Å². The number of carboxylic acids is 1. The van der Waals surface area contributed by atoms with Crippen LogP contribution in [0.1, 0.15) is 12.0 Å². The van der Waals surface area contributed by atoms with Crippen molar-refractivity contribution < 1.29 is 24.5 Å². The van der Waals surface area contributed by atoms with Gasteiger partial charge in [0.2, 0.25) is 0 Å². The quantitative estimate of drug-likeness (QED) is 0.795. The van der Waals surface area contributed by atoms with Gasteiger partial charge in [-0.05, 0) is 5.56 Å². The molecule has 0 aliphatic carbocycles. The Labute approximate surface area is 110 Å². The molecular formula is C13H14NO5-. The van der Waals surface area contributed by atoms with Crippen LogP contribution in [-0.4, -0.2) is 40.8 Å². The van der Waals surface area contributed by atoms with Crippen molar-refractivity contribution in [3.63, 3.8) is 0 Å². The topological polar surface area (TPSA) is 89.9 Å². The average Bonchev–Trinajstić information content (AvgIpc) is 2.79. The van der Waals surface area contributed by atoms with Crippen LogP contribution in [0, 0.1) is 0 Å². The van der Waals surface area contributed by atoms with Crippen LogP contribution in [-0.2, 0) is 16.1 Å². The highest BCUT2D eigenvalue weighted by Gasteiger charge is 2.36. The minimum atomic E-state index is -1.38. The molecule has 19 heavy (non-hydrogen) atoms. The van der Waals surface area contributed by atoms with Gasteiger partial charge in [0.05, 0.1) is 24.7 Å². The van der Waals surface area contributed by atoms with E-state index in [9.17, 15) is 19.8 Å². The van der Waals surface area contributed by atoms with Gasteiger partial charge in [-0.2, -0.15) is 0 Å². The second-order valence-corrected chi connectivity index (χ2v) is 4.42. The van der Waals surface area contributed by atoms with Crippen LogP contribution >= 0.6 is 0 Å². The molecule has 0 aromatic heterocycles. The Morgan fingerprint density at radius 3 is 2.68 bits per heavy atom. The van der Waals surface area contributed by atoms with E-state index >= 15 is 0 Å². The summed E-state index contributed by atoms with van der Waals surface area (Å²) >= 11 is 0. The lowest BCUT2D eigenvalue weighted by molar-refractivity contribution is -0.310. The molecule has 0 saturated carbocycles. The number of benzene rings is 1. The molecule has 1 saturated heterocycles. The van der Waals surface area contributed by atoms with Crippen LogP contribution in [0.2, 0.25) is 0 Å². The molecule has 0 bridgehead atoms. The van der Waals surface area contributed by atoms with E-state index in [1.54, 1.807) is 12.1 Å². The Balaban J connectivity index is 1.94. The molecule has 0 unspecified atom stereocenters. The van der Waals surface area contributed by atoms with Gasteiger partial charge < -0.3 is 19.7 Å². The predicted octanol–water partition coefficient (Wildman–Crippen LogP) is -0.492. The SMILES string of the molecule is O=C([O-])[C@@H]1C[C@@H](O)CN1C(=O)OCc1ccccc1. The van der Waals surface area contributed by atoms with Crippen LogP contribution in [0.3, 0.4) is 0 Å². The molecule has 1 fully saturated rings. The molecule has 102 valence electrons. The van der Waals surface area contributed by atoms with E-state index in [1.807, 2.05) is 18.2 Å². The maximum atomic E-state index is 11.8. The number of β-amino-alcohol motifs (C(OH)–C–C–N with tert-alkyl or cyclic N) is 1. The van der Waals surface area contributed by atoms with Crippen molar-refractivity contribution in [3.05, 3.63) is 35.9 Å². The zero-order valence-corrected chi connectivity index (χ0v) is 10.2. The number of aliphatic hydroxyl groups excluding tert-OH is 1. The van der Waals surface area contributed by atoms with E-state index in [0.29, 0.717) is 0 Å². The largest absolute Gasteiger partial charge is 0.548 e. The molecule has 1 N–H and O–H groups in total. The number of hydrogen-bond donors (Lipinski definition) is 1. The lowest BCUT2D eigenvalue weighted by atomic mass is 10.2. The number of hydrogen-bond acceptors (Lipinski definition) is 5. The van der Waals surface area contributed by atoms with Gasteiger partial charge in [0, 0.05) is 6.42 Å². The van der Waals surface area contributed by atoms with Crippen molar-refractivity contribution in [2.75, 3.05) is 6.54 Å². The van der Waals surface area contributed by atoms with Crippen LogP contribution < -0.4 is 5.11 Å². The summed E-state index contributed by atoms with van der Waals surface area (Å²) in [5, 5.41) is 20.3. The Hall–Kier alpha value is -2.08. The minimum absolute atomic E-state index is 0.0250. The highest BCUT2D eigenvalue weighted by atomic mass is 16.6. The summed E-state index contributed by atoms with van der Waals surface area (Å²) in [7, 11) is 0. The van der Waals surface area contributed by atoms with Gasteiger partial charge in [0.25, 0.3) is 0 Å². The van der Waals surface area contributed by atoms with Crippen LogP contribution in [0.15, 0.2) is 30.3 Å². The van der Waals surface area contributed by atoms with Crippen molar-refractivity contribution in [2.24, 2.45) is 0 Å². The fourth-order valence-electron chi connectivity index (χ4n) is 2.04. The highest BCUT2D eigenvalue weighted by Crippen LogP contribution is 2.19. The van der Waals surface area contributed by atoms with Crippen LogP contribution in [0.4, 0.5) is 4.79 Å². The molecule has 2 atom stereocenters. The van der Waals surface area contributed by atoms with Gasteiger partial charge in [-0.3, -0.25) is 4.90 Å². The summed E-state index contributed by atoms with van der Waals surface area (Å²) < 4.78 is 5.03. The van der Waals surface area contributed by atoms with Gasteiger partial charge in [-0.25, -0.2) is 4.79 Å². The second kappa shape index (κ2) is 5.71. The number of likely N-dealkylation sites (tertiary alicyclic amines) is 1. The van der Waals surface area contributed by atoms with Crippen molar-refractivity contribution in [3.8, 4) is 0 Å². The molecule has 6 heteroatoms. The first-order chi connectivity index (χ1) is 9.08.